The number of halogens is 3. The van der Waals surface area contributed by atoms with Crippen molar-refractivity contribution in [3.05, 3.63) is 34.1 Å². The van der Waals surface area contributed by atoms with Crippen LogP contribution in [0.2, 0.25) is 0 Å². The van der Waals surface area contributed by atoms with Crippen molar-refractivity contribution in [3.8, 4) is 0 Å². The molecule has 0 bridgehead atoms. The number of hydrogen-bond donors (Lipinski definition) is 0. The van der Waals surface area contributed by atoms with Crippen molar-refractivity contribution in [2.45, 2.75) is 33.1 Å². The van der Waals surface area contributed by atoms with Gasteiger partial charge in [-0.2, -0.15) is 0 Å². The summed E-state index contributed by atoms with van der Waals surface area (Å²) >= 11 is 0. The van der Waals surface area contributed by atoms with E-state index in [1.54, 1.807) is 19.9 Å². The lowest BCUT2D eigenvalue weighted by Gasteiger charge is -2.17. The van der Waals surface area contributed by atoms with E-state index < -0.39 is 17.7 Å². The molecule has 1 aromatic rings. The average Bonchev–Trinajstić information content (AvgIpc) is 2.34. The van der Waals surface area contributed by atoms with Gasteiger partial charge in [0.15, 0.2) is 0 Å². The first-order valence-corrected chi connectivity index (χ1v) is 5.02. The molecule has 0 aliphatic heterocycles. The van der Waals surface area contributed by atoms with Crippen LogP contribution in [-0.4, -0.2) is 0 Å². The lowest BCUT2D eigenvalue weighted by atomic mass is 9.99. The fraction of sp³-hybridized carbons (Fsp3) is 0.500. The molecular formula is C12H13F3. The lowest BCUT2D eigenvalue weighted by Crippen LogP contribution is -2.19. The van der Waals surface area contributed by atoms with Gasteiger partial charge in [0.25, 0.3) is 5.92 Å². The summed E-state index contributed by atoms with van der Waals surface area (Å²) in [7, 11) is 0. The molecule has 3 heteroatoms. The third-order valence-corrected chi connectivity index (χ3v) is 3.33. The summed E-state index contributed by atoms with van der Waals surface area (Å²) in [5.74, 6) is -4.54. The molecule has 0 N–H and O–H groups in total. The highest BCUT2D eigenvalue weighted by Crippen LogP contribution is 2.47. The SMILES string of the molecule is Cc1cc2c(c(F)c1C)C(F)(F)[C@H](C)C2. The smallest absolute Gasteiger partial charge is 0.206 e. The van der Waals surface area contributed by atoms with E-state index in [1.165, 1.54) is 6.92 Å². The van der Waals surface area contributed by atoms with Crippen molar-refractivity contribution in [1.82, 2.24) is 0 Å². The van der Waals surface area contributed by atoms with E-state index in [1.807, 2.05) is 0 Å². The molecule has 0 amide bonds. The molecule has 0 aromatic heterocycles. The highest BCUT2D eigenvalue weighted by atomic mass is 19.3. The first kappa shape index (κ1) is 10.5. The molecule has 2 rings (SSSR count). The third kappa shape index (κ3) is 1.29. The van der Waals surface area contributed by atoms with Crippen molar-refractivity contribution in [3.63, 3.8) is 0 Å². The summed E-state index contributed by atoms with van der Waals surface area (Å²) < 4.78 is 41.1. The fourth-order valence-corrected chi connectivity index (χ4v) is 2.17. The van der Waals surface area contributed by atoms with Gasteiger partial charge < -0.3 is 0 Å². The van der Waals surface area contributed by atoms with E-state index in [0.29, 0.717) is 11.1 Å². The molecule has 15 heavy (non-hydrogen) atoms. The Hall–Kier alpha value is -0.990. The largest absolute Gasteiger partial charge is 0.279 e. The molecule has 1 aliphatic carbocycles. The monoisotopic (exact) mass is 214 g/mol. The van der Waals surface area contributed by atoms with Gasteiger partial charge >= 0.3 is 0 Å². The van der Waals surface area contributed by atoms with Crippen LogP contribution in [0.4, 0.5) is 13.2 Å². The van der Waals surface area contributed by atoms with Crippen LogP contribution in [-0.2, 0) is 12.3 Å². The second-order valence-electron chi connectivity index (χ2n) is 4.39. The second-order valence-corrected chi connectivity index (χ2v) is 4.39. The Balaban J connectivity index is 2.72. The summed E-state index contributed by atoms with van der Waals surface area (Å²) in [6.07, 6.45) is 0.264. The number of hydrogen-bond acceptors (Lipinski definition) is 0. The molecule has 82 valence electrons. The van der Waals surface area contributed by atoms with Crippen molar-refractivity contribution >= 4 is 0 Å². The minimum Gasteiger partial charge on any atom is -0.206 e. The Morgan fingerprint density at radius 1 is 1.33 bits per heavy atom. The Morgan fingerprint density at radius 3 is 2.53 bits per heavy atom. The maximum Gasteiger partial charge on any atom is 0.279 e. The van der Waals surface area contributed by atoms with Gasteiger partial charge in [-0.15, -0.1) is 0 Å². The highest BCUT2D eigenvalue weighted by molar-refractivity contribution is 5.44. The van der Waals surface area contributed by atoms with E-state index in [9.17, 15) is 13.2 Å². The maximum atomic E-state index is 13.8. The molecular weight excluding hydrogens is 201 g/mol. The van der Waals surface area contributed by atoms with E-state index in [4.69, 9.17) is 0 Å². The van der Waals surface area contributed by atoms with E-state index in [2.05, 4.69) is 0 Å². The molecule has 0 saturated carbocycles. The van der Waals surface area contributed by atoms with Crippen molar-refractivity contribution in [1.29, 1.82) is 0 Å². The van der Waals surface area contributed by atoms with Crippen LogP contribution in [0.25, 0.3) is 0 Å². The third-order valence-electron chi connectivity index (χ3n) is 3.33. The van der Waals surface area contributed by atoms with Crippen LogP contribution in [0.15, 0.2) is 6.07 Å². The molecule has 0 nitrogen and oxygen atoms in total. The van der Waals surface area contributed by atoms with Gasteiger partial charge in [-0.1, -0.05) is 13.0 Å². The minimum atomic E-state index is -3.02. The number of benzene rings is 1. The van der Waals surface area contributed by atoms with E-state index >= 15 is 0 Å². The number of aryl methyl sites for hydroxylation is 1. The van der Waals surface area contributed by atoms with Crippen molar-refractivity contribution in [2.24, 2.45) is 5.92 Å². The van der Waals surface area contributed by atoms with Gasteiger partial charge in [0.05, 0.1) is 5.56 Å². The molecule has 0 fully saturated rings. The fourth-order valence-electron chi connectivity index (χ4n) is 2.17. The Kier molecular flexibility index (Phi) is 2.11. The predicted octanol–water partition coefficient (Wildman–Crippen LogP) is 3.73. The van der Waals surface area contributed by atoms with E-state index in [-0.39, 0.29) is 12.0 Å². The highest BCUT2D eigenvalue weighted by Gasteiger charge is 2.48. The van der Waals surface area contributed by atoms with Crippen LogP contribution in [0, 0.1) is 25.6 Å². The summed E-state index contributed by atoms with van der Waals surface area (Å²) in [4.78, 5) is 0. The summed E-state index contributed by atoms with van der Waals surface area (Å²) in [5, 5.41) is 0. The molecule has 0 unspecified atom stereocenters. The molecule has 0 radical (unpaired) electrons. The average molecular weight is 214 g/mol. The summed E-state index contributed by atoms with van der Waals surface area (Å²) in [6.45, 7) is 4.76. The van der Waals surface area contributed by atoms with Crippen LogP contribution in [0.1, 0.15) is 29.2 Å². The Morgan fingerprint density at radius 2 is 1.93 bits per heavy atom. The zero-order chi connectivity index (χ0) is 11.4. The zero-order valence-corrected chi connectivity index (χ0v) is 9.00. The quantitative estimate of drug-likeness (QED) is 0.617. The first-order valence-electron chi connectivity index (χ1n) is 5.02. The Bertz CT molecular complexity index is 421. The predicted molar refractivity (Wildman–Crippen MR) is 52.6 cm³/mol. The topological polar surface area (TPSA) is 0 Å². The molecule has 1 aromatic carbocycles. The van der Waals surface area contributed by atoms with Crippen molar-refractivity contribution < 1.29 is 13.2 Å². The molecule has 0 heterocycles. The maximum absolute atomic E-state index is 13.8. The van der Waals surface area contributed by atoms with Gasteiger partial charge in [0.2, 0.25) is 0 Å². The number of rotatable bonds is 0. The van der Waals surface area contributed by atoms with Gasteiger partial charge in [-0.25, -0.2) is 13.2 Å². The number of alkyl halides is 2. The molecule has 0 saturated heterocycles. The van der Waals surface area contributed by atoms with Gasteiger partial charge in [-0.3, -0.25) is 0 Å². The van der Waals surface area contributed by atoms with Crippen LogP contribution < -0.4 is 0 Å². The van der Waals surface area contributed by atoms with E-state index in [0.717, 1.165) is 5.56 Å². The standard InChI is InChI=1S/C12H13F3/c1-6-4-9-5-7(2)12(14,15)10(9)11(13)8(6)3/h4,7H,5H2,1-3H3/t7-/m1/s1. The first-order chi connectivity index (χ1) is 6.85. The number of fused-ring (bicyclic) bond motifs is 1. The normalized spacial score (nSPS) is 22.9. The molecule has 1 atom stereocenters. The van der Waals surface area contributed by atoms with Crippen LogP contribution >= 0.6 is 0 Å². The summed E-state index contributed by atoms with van der Waals surface area (Å²) in [6, 6.07) is 1.69. The summed E-state index contributed by atoms with van der Waals surface area (Å²) in [5.41, 5.74) is 1.17. The van der Waals surface area contributed by atoms with Crippen LogP contribution in [0.5, 0.6) is 0 Å². The molecule has 1 aliphatic rings. The van der Waals surface area contributed by atoms with Gasteiger partial charge in [0, 0.05) is 5.92 Å². The lowest BCUT2D eigenvalue weighted by molar-refractivity contribution is -0.0478. The molecule has 0 spiro atoms. The van der Waals surface area contributed by atoms with Gasteiger partial charge in [0.1, 0.15) is 5.82 Å². The second kappa shape index (κ2) is 3.00. The Labute approximate surface area is 87.1 Å². The van der Waals surface area contributed by atoms with Crippen molar-refractivity contribution in [2.75, 3.05) is 0 Å². The zero-order valence-electron chi connectivity index (χ0n) is 9.00. The van der Waals surface area contributed by atoms with Crippen LogP contribution in [0.3, 0.4) is 0 Å². The minimum absolute atomic E-state index is 0.264. The van der Waals surface area contributed by atoms with Gasteiger partial charge in [-0.05, 0) is 37.0 Å².